The maximum absolute atomic E-state index is 12.2. The first kappa shape index (κ1) is 17.9. The molecule has 6 nitrogen and oxygen atoms in total. The highest BCUT2D eigenvalue weighted by Crippen LogP contribution is 2.27. The second-order valence-corrected chi connectivity index (χ2v) is 7.26. The van der Waals surface area contributed by atoms with Crippen LogP contribution < -0.4 is 10.6 Å². The van der Waals surface area contributed by atoms with Gasteiger partial charge in [-0.15, -0.1) is 0 Å². The Morgan fingerprint density at radius 2 is 2.00 bits per heavy atom. The van der Waals surface area contributed by atoms with E-state index in [2.05, 4.69) is 27.5 Å². The Hall–Kier alpha value is -2.89. The molecule has 2 heterocycles. The van der Waals surface area contributed by atoms with Gasteiger partial charge in [0.05, 0.1) is 0 Å². The van der Waals surface area contributed by atoms with E-state index in [-0.39, 0.29) is 11.4 Å². The molecule has 0 atom stereocenters. The Morgan fingerprint density at radius 3 is 2.73 bits per heavy atom. The third-order valence-electron chi connectivity index (χ3n) is 4.11. The first-order chi connectivity index (χ1) is 12.4. The van der Waals surface area contributed by atoms with Crippen molar-refractivity contribution in [3.8, 4) is 0 Å². The highest BCUT2D eigenvalue weighted by Gasteiger charge is 2.21. The zero-order valence-electron chi connectivity index (χ0n) is 15.6. The van der Waals surface area contributed by atoms with E-state index in [1.54, 1.807) is 6.20 Å². The minimum atomic E-state index is -0.261. The number of hydrogen-bond donors (Lipinski definition) is 2. The molecule has 0 aliphatic carbocycles. The van der Waals surface area contributed by atoms with Gasteiger partial charge in [-0.05, 0) is 41.8 Å². The molecule has 0 aliphatic heterocycles. The maximum atomic E-state index is 12.2. The number of aromatic nitrogens is 2. The van der Waals surface area contributed by atoms with Gasteiger partial charge in [-0.3, -0.25) is 4.98 Å². The van der Waals surface area contributed by atoms with Crippen molar-refractivity contribution in [2.45, 2.75) is 46.1 Å². The highest BCUT2D eigenvalue weighted by molar-refractivity contribution is 5.91. The number of hydrogen-bond acceptors (Lipinski definition) is 4. The van der Waals surface area contributed by atoms with Gasteiger partial charge < -0.3 is 15.1 Å². The van der Waals surface area contributed by atoms with Crippen LogP contribution in [-0.2, 0) is 18.4 Å². The van der Waals surface area contributed by atoms with Gasteiger partial charge in [0.25, 0.3) is 0 Å². The number of amides is 2. The zero-order chi connectivity index (χ0) is 18.7. The second kappa shape index (κ2) is 7.15. The first-order valence-corrected chi connectivity index (χ1v) is 8.74. The molecule has 2 N–H and O–H groups in total. The van der Waals surface area contributed by atoms with Crippen molar-refractivity contribution >= 4 is 22.8 Å². The number of aryl methyl sites for hydroxylation is 1. The van der Waals surface area contributed by atoms with Crippen molar-refractivity contribution in [3.63, 3.8) is 0 Å². The minimum absolute atomic E-state index is 0.161. The molecule has 2 amide bonds. The predicted molar refractivity (Wildman–Crippen MR) is 102 cm³/mol. The lowest BCUT2D eigenvalue weighted by atomic mass is 9.97. The monoisotopic (exact) mass is 352 g/mol. The van der Waals surface area contributed by atoms with E-state index in [9.17, 15) is 4.79 Å². The number of carbonyl (C=O) groups is 1. The first-order valence-electron chi connectivity index (χ1n) is 8.74. The molecule has 0 aliphatic rings. The number of nitrogens with zero attached hydrogens (tertiary/aromatic N) is 2. The van der Waals surface area contributed by atoms with E-state index in [0.29, 0.717) is 23.7 Å². The predicted octanol–water partition coefficient (Wildman–Crippen LogP) is 4.40. The maximum Gasteiger partial charge on any atom is 0.319 e. The normalized spacial score (nSPS) is 11.5. The van der Waals surface area contributed by atoms with Gasteiger partial charge in [0, 0.05) is 30.0 Å². The number of rotatable bonds is 4. The largest absolute Gasteiger partial charge is 0.440 e. The molecule has 6 heteroatoms. The molecule has 0 bridgehead atoms. The number of oxazole rings is 1. The van der Waals surface area contributed by atoms with Crippen LogP contribution in [0.2, 0.25) is 0 Å². The van der Waals surface area contributed by atoms with Crippen LogP contribution in [0.1, 0.15) is 44.7 Å². The Kier molecular flexibility index (Phi) is 4.93. The van der Waals surface area contributed by atoms with E-state index in [4.69, 9.17) is 4.42 Å². The number of pyridine rings is 1. The third-order valence-corrected chi connectivity index (χ3v) is 4.11. The smallest absolute Gasteiger partial charge is 0.319 e. The molecule has 0 saturated heterocycles. The van der Waals surface area contributed by atoms with Crippen molar-refractivity contribution in [2.24, 2.45) is 0 Å². The average molecular weight is 352 g/mol. The van der Waals surface area contributed by atoms with E-state index in [1.165, 1.54) is 0 Å². The summed E-state index contributed by atoms with van der Waals surface area (Å²) >= 11 is 0. The van der Waals surface area contributed by atoms with Crippen LogP contribution >= 0.6 is 0 Å². The SMILES string of the molecule is CCc1cnccc1CNC(=O)Nc1ccc2oc(C(C)(C)C)nc2c1. The average Bonchev–Trinajstić information content (AvgIpc) is 3.04. The summed E-state index contributed by atoms with van der Waals surface area (Å²) in [6.07, 6.45) is 4.45. The fraction of sp³-hybridized carbons (Fsp3) is 0.350. The molecule has 1 aromatic carbocycles. The fourth-order valence-corrected chi connectivity index (χ4v) is 2.62. The van der Waals surface area contributed by atoms with E-state index < -0.39 is 0 Å². The molecule has 3 aromatic rings. The summed E-state index contributed by atoms with van der Waals surface area (Å²) in [7, 11) is 0. The molecule has 136 valence electrons. The number of fused-ring (bicyclic) bond motifs is 1. The van der Waals surface area contributed by atoms with E-state index >= 15 is 0 Å². The molecular formula is C20H24N4O2. The second-order valence-electron chi connectivity index (χ2n) is 7.26. The van der Waals surface area contributed by atoms with E-state index in [1.807, 2.05) is 51.2 Å². The minimum Gasteiger partial charge on any atom is -0.440 e. The molecule has 0 unspecified atom stereocenters. The van der Waals surface area contributed by atoms with Gasteiger partial charge >= 0.3 is 6.03 Å². The standard InChI is InChI=1S/C20H24N4O2/c1-5-13-11-21-9-8-14(13)12-22-19(25)23-15-6-7-17-16(10-15)24-18(26-17)20(2,3)4/h6-11H,5,12H2,1-4H3,(H2,22,23,25). The number of anilines is 1. The Balaban J connectivity index is 1.67. The Labute approximate surface area is 153 Å². The lowest BCUT2D eigenvalue weighted by molar-refractivity contribution is 0.251. The van der Waals surface area contributed by atoms with Crippen molar-refractivity contribution in [1.29, 1.82) is 0 Å². The Bertz CT molecular complexity index is 925. The summed E-state index contributed by atoms with van der Waals surface area (Å²) in [6, 6.07) is 7.11. The van der Waals surface area contributed by atoms with Crippen LogP contribution in [0.4, 0.5) is 10.5 Å². The molecule has 2 aromatic heterocycles. The molecule has 0 spiro atoms. The summed E-state index contributed by atoms with van der Waals surface area (Å²) in [5.41, 5.74) is 4.16. The molecule has 0 saturated carbocycles. The number of nitrogens with one attached hydrogen (secondary N) is 2. The third kappa shape index (κ3) is 4.02. The zero-order valence-corrected chi connectivity index (χ0v) is 15.6. The van der Waals surface area contributed by atoms with Crippen molar-refractivity contribution < 1.29 is 9.21 Å². The van der Waals surface area contributed by atoms with Crippen molar-refractivity contribution in [1.82, 2.24) is 15.3 Å². The van der Waals surface area contributed by atoms with Gasteiger partial charge in [0.15, 0.2) is 5.58 Å². The molecule has 0 radical (unpaired) electrons. The molecule has 26 heavy (non-hydrogen) atoms. The molecular weight excluding hydrogens is 328 g/mol. The van der Waals surface area contributed by atoms with Crippen molar-refractivity contribution in [2.75, 3.05) is 5.32 Å². The van der Waals surface area contributed by atoms with E-state index in [0.717, 1.165) is 23.1 Å². The topological polar surface area (TPSA) is 80.0 Å². The van der Waals surface area contributed by atoms with Crippen LogP contribution in [0.25, 0.3) is 11.1 Å². The van der Waals surface area contributed by atoms with Crippen LogP contribution in [0.15, 0.2) is 41.1 Å². The summed E-state index contributed by atoms with van der Waals surface area (Å²) in [4.78, 5) is 20.8. The van der Waals surface area contributed by atoms with Gasteiger partial charge in [-0.2, -0.15) is 0 Å². The van der Waals surface area contributed by atoms with Gasteiger partial charge in [0.1, 0.15) is 5.52 Å². The highest BCUT2D eigenvalue weighted by atomic mass is 16.3. The lowest BCUT2D eigenvalue weighted by Gasteiger charge is -2.11. The number of carbonyl (C=O) groups excluding carboxylic acids is 1. The number of urea groups is 1. The molecule has 0 fully saturated rings. The van der Waals surface area contributed by atoms with Gasteiger partial charge in [-0.1, -0.05) is 27.7 Å². The lowest BCUT2D eigenvalue weighted by Crippen LogP contribution is -2.28. The molecule has 3 rings (SSSR count). The van der Waals surface area contributed by atoms with Crippen LogP contribution in [-0.4, -0.2) is 16.0 Å². The fourth-order valence-electron chi connectivity index (χ4n) is 2.62. The van der Waals surface area contributed by atoms with Crippen molar-refractivity contribution in [3.05, 3.63) is 53.7 Å². The Morgan fingerprint density at radius 1 is 1.19 bits per heavy atom. The quantitative estimate of drug-likeness (QED) is 0.729. The summed E-state index contributed by atoms with van der Waals surface area (Å²) in [6.45, 7) is 8.67. The summed E-state index contributed by atoms with van der Waals surface area (Å²) in [5, 5.41) is 5.72. The number of benzene rings is 1. The van der Waals surface area contributed by atoms with Crippen LogP contribution in [0.5, 0.6) is 0 Å². The van der Waals surface area contributed by atoms with Crippen LogP contribution in [0.3, 0.4) is 0 Å². The summed E-state index contributed by atoms with van der Waals surface area (Å²) < 4.78 is 5.78. The summed E-state index contributed by atoms with van der Waals surface area (Å²) in [5.74, 6) is 0.680. The van der Waals surface area contributed by atoms with Crippen LogP contribution in [0, 0.1) is 0 Å². The van der Waals surface area contributed by atoms with Gasteiger partial charge in [0.2, 0.25) is 5.89 Å². The van der Waals surface area contributed by atoms with Gasteiger partial charge in [-0.25, -0.2) is 9.78 Å².